The molecular formula is C22H23NO5S. The van der Waals surface area contributed by atoms with Crippen LogP contribution in [0.4, 0.5) is 0 Å². The van der Waals surface area contributed by atoms with Crippen LogP contribution in [0.5, 0.6) is 11.5 Å². The molecule has 0 amide bonds. The number of nitrogens with one attached hydrogen (secondary N) is 1. The topological polar surface area (TPSA) is 77.8 Å². The molecule has 0 aliphatic carbocycles. The molecule has 2 heterocycles. The first-order valence-electron chi connectivity index (χ1n) is 9.41. The first-order chi connectivity index (χ1) is 14.0. The van der Waals surface area contributed by atoms with Gasteiger partial charge in [0.25, 0.3) is 0 Å². The van der Waals surface area contributed by atoms with Crippen molar-refractivity contribution in [1.82, 2.24) is 5.32 Å². The summed E-state index contributed by atoms with van der Waals surface area (Å²) in [6.07, 6.45) is 4.23. The van der Waals surface area contributed by atoms with Crippen LogP contribution in [-0.4, -0.2) is 28.6 Å². The Morgan fingerprint density at radius 3 is 2.76 bits per heavy atom. The number of aryl methyl sites for hydroxylation is 1. The number of methoxy groups -OCH3 is 1. The minimum absolute atomic E-state index is 0.159. The minimum atomic E-state index is -3.63. The molecule has 0 spiro atoms. The lowest BCUT2D eigenvalue weighted by atomic mass is 10.1. The number of furan rings is 1. The zero-order valence-electron chi connectivity index (χ0n) is 16.4. The summed E-state index contributed by atoms with van der Waals surface area (Å²) < 4.78 is 43.4. The quantitative estimate of drug-likeness (QED) is 0.659. The third-order valence-electron chi connectivity index (χ3n) is 4.89. The Labute approximate surface area is 170 Å². The van der Waals surface area contributed by atoms with Gasteiger partial charge in [-0.1, -0.05) is 17.7 Å². The second kappa shape index (κ2) is 7.93. The molecule has 0 saturated carbocycles. The fourth-order valence-electron chi connectivity index (χ4n) is 3.42. The van der Waals surface area contributed by atoms with Gasteiger partial charge in [-0.15, -0.1) is 0 Å². The van der Waals surface area contributed by atoms with E-state index < -0.39 is 9.84 Å². The van der Waals surface area contributed by atoms with Gasteiger partial charge in [-0.2, -0.15) is 0 Å². The Bertz CT molecular complexity index is 1180. The smallest absolute Gasteiger partial charge is 0.182 e. The third-order valence-corrected chi connectivity index (χ3v) is 6.54. The van der Waals surface area contributed by atoms with Crippen LogP contribution in [-0.2, 0) is 15.6 Å². The van der Waals surface area contributed by atoms with Crippen LogP contribution < -0.4 is 14.8 Å². The Morgan fingerprint density at radius 2 is 2.00 bits per heavy atom. The monoisotopic (exact) mass is 413 g/mol. The van der Waals surface area contributed by atoms with Crippen LogP contribution in [0.3, 0.4) is 0 Å². The molecule has 7 heteroatoms. The van der Waals surface area contributed by atoms with Gasteiger partial charge in [-0.05, 0) is 31.2 Å². The van der Waals surface area contributed by atoms with Gasteiger partial charge in [0, 0.05) is 36.5 Å². The molecule has 1 aliphatic rings. The maximum absolute atomic E-state index is 13.2. The number of hydrogen-bond donors (Lipinski definition) is 1. The fraction of sp³-hybridized carbons (Fsp3) is 0.273. The maximum atomic E-state index is 13.2. The lowest BCUT2D eigenvalue weighted by molar-refractivity contribution is 0.384. The molecule has 0 fully saturated rings. The summed E-state index contributed by atoms with van der Waals surface area (Å²) in [5.74, 6) is 1.61. The van der Waals surface area contributed by atoms with Crippen molar-refractivity contribution in [2.24, 2.45) is 0 Å². The second-order valence-corrected chi connectivity index (χ2v) is 9.05. The maximum Gasteiger partial charge on any atom is 0.182 e. The molecule has 4 rings (SSSR count). The molecule has 0 bridgehead atoms. The molecule has 1 aliphatic heterocycles. The molecule has 3 aromatic rings. The molecule has 0 saturated heterocycles. The normalized spacial score (nSPS) is 14.6. The molecule has 2 aromatic carbocycles. The summed E-state index contributed by atoms with van der Waals surface area (Å²) in [5.41, 5.74) is 2.14. The summed E-state index contributed by atoms with van der Waals surface area (Å²) >= 11 is 0. The summed E-state index contributed by atoms with van der Waals surface area (Å²) in [6.45, 7) is 3.46. The van der Waals surface area contributed by atoms with E-state index in [1.54, 1.807) is 24.3 Å². The zero-order valence-corrected chi connectivity index (χ0v) is 17.2. The average molecular weight is 413 g/mol. The lowest BCUT2D eigenvalue weighted by Gasteiger charge is -2.16. The molecule has 1 N–H and O–H groups in total. The van der Waals surface area contributed by atoms with Crippen molar-refractivity contribution in [1.29, 1.82) is 0 Å². The Hall–Kier alpha value is -2.77. The lowest BCUT2D eigenvalue weighted by Crippen LogP contribution is -2.22. The van der Waals surface area contributed by atoms with E-state index in [1.807, 2.05) is 25.1 Å². The van der Waals surface area contributed by atoms with Crippen molar-refractivity contribution in [3.63, 3.8) is 0 Å². The standard InChI is InChI=1S/C22H23NO5S/c1-15-3-4-20(26-2)17(11-15)14-29(24,25)19-12-16-7-10-27-22(16)21(13-19)28-18-5-8-23-9-6-18/h3-5,7,10-13,23H,6,8-9,14H2,1-2H3. The molecule has 1 aromatic heterocycles. The zero-order chi connectivity index (χ0) is 20.4. The van der Waals surface area contributed by atoms with Gasteiger partial charge in [0.2, 0.25) is 0 Å². The SMILES string of the molecule is COc1ccc(C)cc1CS(=O)(=O)c1cc(OC2=CCNCC2)c2occc2c1. The number of sulfone groups is 1. The van der Waals surface area contributed by atoms with Gasteiger partial charge in [0.1, 0.15) is 11.5 Å². The Morgan fingerprint density at radius 1 is 1.14 bits per heavy atom. The van der Waals surface area contributed by atoms with Crippen molar-refractivity contribution in [3.8, 4) is 11.5 Å². The molecule has 0 unspecified atom stereocenters. The van der Waals surface area contributed by atoms with Gasteiger partial charge in [0.05, 0.1) is 24.0 Å². The van der Waals surface area contributed by atoms with Gasteiger partial charge >= 0.3 is 0 Å². The van der Waals surface area contributed by atoms with Crippen molar-refractivity contribution in [3.05, 3.63) is 65.6 Å². The number of fused-ring (bicyclic) bond motifs is 1. The van der Waals surface area contributed by atoms with Gasteiger partial charge in [0.15, 0.2) is 21.2 Å². The van der Waals surface area contributed by atoms with Crippen LogP contribution in [0.2, 0.25) is 0 Å². The van der Waals surface area contributed by atoms with E-state index in [0.717, 1.165) is 30.8 Å². The Balaban J connectivity index is 1.73. The van der Waals surface area contributed by atoms with Gasteiger partial charge < -0.3 is 19.2 Å². The van der Waals surface area contributed by atoms with E-state index in [-0.39, 0.29) is 10.6 Å². The summed E-state index contributed by atoms with van der Waals surface area (Å²) in [7, 11) is -2.09. The van der Waals surface area contributed by atoms with Crippen LogP contribution in [0.1, 0.15) is 17.5 Å². The summed E-state index contributed by atoms with van der Waals surface area (Å²) in [4.78, 5) is 0.194. The van der Waals surface area contributed by atoms with E-state index in [9.17, 15) is 8.42 Å². The molecular weight excluding hydrogens is 390 g/mol. The second-order valence-electron chi connectivity index (χ2n) is 7.06. The number of benzene rings is 2. The van der Waals surface area contributed by atoms with E-state index in [4.69, 9.17) is 13.9 Å². The predicted octanol–water partition coefficient (Wildman–Crippen LogP) is 3.98. The van der Waals surface area contributed by atoms with E-state index in [1.165, 1.54) is 13.4 Å². The fourth-order valence-corrected chi connectivity index (χ4v) is 4.82. The van der Waals surface area contributed by atoms with Crippen LogP contribution in [0, 0.1) is 6.92 Å². The highest BCUT2D eigenvalue weighted by Gasteiger charge is 2.22. The average Bonchev–Trinajstić information content (AvgIpc) is 3.18. The van der Waals surface area contributed by atoms with Crippen molar-refractivity contribution < 1.29 is 22.3 Å². The van der Waals surface area contributed by atoms with Crippen LogP contribution >= 0.6 is 0 Å². The van der Waals surface area contributed by atoms with Gasteiger partial charge in [-0.3, -0.25) is 0 Å². The predicted molar refractivity (Wildman–Crippen MR) is 111 cm³/mol. The molecule has 152 valence electrons. The number of ether oxygens (including phenoxy) is 2. The minimum Gasteiger partial charge on any atom is -0.496 e. The van der Waals surface area contributed by atoms with E-state index in [0.29, 0.717) is 28.0 Å². The van der Waals surface area contributed by atoms with E-state index in [2.05, 4.69) is 5.32 Å². The third kappa shape index (κ3) is 4.16. The van der Waals surface area contributed by atoms with Crippen LogP contribution in [0.25, 0.3) is 11.0 Å². The highest BCUT2D eigenvalue weighted by atomic mass is 32.2. The number of hydrogen-bond acceptors (Lipinski definition) is 6. The van der Waals surface area contributed by atoms with Crippen molar-refractivity contribution >= 4 is 20.8 Å². The highest BCUT2D eigenvalue weighted by Crippen LogP contribution is 2.34. The van der Waals surface area contributed by atoms with Crippen molar-refractivity contribution in [2.75, 3.05) is 20.2 Å². The molecule has 0 atom stereocenters. The summed E-state index contributed by atoms with van der Waals surface area (Å²) in [5, 5.41) is 3.91. The van der Waals surface area contributed by atoms with Crippen molar-refractivity contribution in [2.45, 2.75) is 24.0 Å². The molecule has 29 heavy (non-hydrogen) atoms. The molecule has 6 nitrogen and oxygen atoms in total. The summed E-state index contributed by atoms with van der Waals surface area (Å²) in [6, 6.07) is 10.4. The largest absolute Gasteiger partial charge is 0.496 e. The highest BCUT2D eigenvalue weighted by molar-refractivity contribution is 7.90. The van der Waals surface area contributed by atoms with E-state index >= 15 is 0 Å². The van der Waals surface area contributed by atoms with Gasteiger partial charge in [-0.25, -0.2) is 8.42 Å². The van der Waals surface area contributed by atoms with Crippen LogP contribution in [0.15, 0.2) is 63.8 Å². The number of rotatable bonds is 6. The first-order valence-corrected chi connectivity index (χ1v) is 11.1. The first kappa shape index (κ1) is 19.5. The Kier molecular flexibility index (Phi) is 5.34. The molecule has 0 radical (unpaired) electrons.